The maximum Gasteiger partial charge on any atom is 2.00 e. The Hall–Kier alpha value is 0.254. The average Bonchev–Trinajstić information content (AvgIpc) is 2.57. The molecule has 0 heterocycles. The molecule has 0 spiro atoms. The molecule has 0 aromatic carbocycles. The van der Waals surface area contributed by atoms with Gasteiger partial charge in [-0.1, -0.05) is 6.92 Å². The predicted molar refractivity (Wildman–Crippen MR) is 62.3 cm³/mol. The molecule has 0 saturated carbocycles. The van der Waals surface area contributed by atoms with Crippen molar-refractivity contribution in [3.63, 3.8) is 0 Å². The van der Waals surface area contributed by atoms with Crippen LogP contribution in [0.5, 0.6) is 0 Å². The van der Waals surface area contributed by atoms with Gasteiger partial charge in [-0.3, -0.25) is 12.2 Å². The van der Waals surface area contributed by atoms with E-state index >= 15 is 0 Å². The zero-order chi connectivity index (χ0) is 7.94. The van der Waals surface area contributed by atoms with E-state index in [4.69, 9.17) is 0 Å². The molecule has 0 atom stereocenters. The quantitative estimate of drug-likeness (QED) is 0.461. The summed E-state index contributed by atoms with van der Waals surface area (Å²) in [5.74, 6) is 0. The molecule has 0 bridgehead atoms. The van der Waals surface area contributed by atoms with Gasteiger partial charge in [-0.2, -0.15) is 12.2 Å². The van der Waals surface area contributed by atoms with Gasteiger partial charge in [-0.15, -0.1) is 37.7 Å². The van der Waals surface area contributed by atoms with Crippen molar-refractivity contribution in [2.45, 2.75) is 19.8 Å². The van der Waals surface area contributed by atoms with Crippen LogP contribution in [0, 0.1) is 12.2 Å². The zero-order valence-electron chi connectivity index (χ0n) is 8.12. The Morgan fingerprint density at radius 3 is 2.00 bits per heavy atom. The van der Waals surface area contributed by atoms with Crippen molar-refractivity contribution in [1.82, 2.24) is 0 Å². The molecule has 0 aliphatic heterocycles. The third-order valence-corrected chi connectivity index (χ3v) is 1.45. The normalized spacial score (nSPS) is 14.2. The van der Waals surface area contributed by atoms with E-state index in [1.54, 1.807) is 0 Å². The molecule has 0 N–H and O–H groups in total. The molecule has 0 fully saturated rings. The summed E-state index contributed by atoms with van der Waals surface area (Å²) in [6.07, 6.45) is 18.3. The maximum absolute atomic E-state index is 3.12. The number of hydrogen-bond acceptors (Lipinski definition) is 0. The summed E-state index contributed by atoms with van der Waals surface area (Å²) in [6.45, 7) is 2.06. The third kappa shape index (κ3) is 10.3. The van der Waals surface area contributed by atoms with Crippen LogP contribution in [0.4, 0.5) is 0 Å². The SMILES string of the molecule is CC1=[C-]CC=C1.Cl.Cl.[C-]1=CC=CC1.[Ti+2]. The van der Waals surface area contributed by atoms with Gasteiger partial charge in [-0.05, 0) is 0 Å². The second kappa shape index (κ2) is 13.3. The summed E-state index contributed by atoms with van der Waals surface area (Å²) in [6, 6.07) is 0. The number of hydrogen-bond donors (Lipinski definition) is 0. The molecule has 14 heavy (non-hydrogen) atoms. The fourth-order valence-corrected chi connectivity index (χ4v) is 0.855. The molecule has 3 heteroatoms. The van der Waals surface area contributed by atoms with Gasteiger partial charge in [0.1, 0.15) is 0 Å². The Kier molecular flexibility index (Phi) is 18.7. The second-order valence-electron chi connectivity index (χ2n) is 2.47. The second-order valence-corrected chi connectivity index (χ2v) is 2.47. The van der Waals surface area contributed by atoms with Gasteiger partial charge >= 0.3 is 21.7 Å². The minimum atomic E-state index is 0. The minimum Gasteiger partial charge on any atom is -0.273 e. The third-order valence-electron chi connectivity index (χ3n) is 1.45. The molecule has 0 aromatic heterocycles. The Morgan fingerprint density at radius 2 is 1.86 bits per heavy atom. The minimum absolute atomic E-state index is 0. The monoisotopic (exact) mass is 264 g/mol. The van der Waals surface area contributed by atoms with Crippen LogP contribution >= 0.6 is 24.8 Å². The van der Waals surface area contributed by atoms with E-state index in [0.29, 0.717) is 0 Å². The van der Waals surface area contributed by atoms with Gasteiger partial charge in [0.15, 0.2) is 0 Å². The molecule has 76 valence electrons. The van der Waals surface area contributed by atoms with Crippen LogP contribution in [-0.4, -0.2) is 0 Å². The Labute approximate surface area is 114 Å². The van der Waals surface area contributed by atoms with E-state index in [2.05, 4.69) is 37.3 Å². The van der Waals surface area contributed by atoms with E-state index in [1.165, 1.54) is 5.57 Å². The van der Waals surface area contributed by atoms with Crippen LogP contribution < -0.4 is 0 Å². The Balaban J connectivity index is -0.000000144. The van der Waals surface area contributed by atoms with Crippen LogP contribution in [0.15, 0.2) is 36.0 Å². The van der Waals surface area contributed by atoms with Crippen molar-refractivity contribution in [3.05, 3.63) is 48.1 Å². The molecule has 0 amide bonds. The Morgan fingerprint density at radius 1 is 1.14 bits per heavy atom. The largest absolute Gasteiger partial charge is 2.00 e. The smallest absolute Gasteiger partial charge is 0.273 e. The average molecular weight is 265 g/mol. The molecular weight excluding hydrogens is 251 g/mol. The molecule has 0 nitrogen and oxygen atoms in total. The van der Waals surface area contributed by atoms with Gasteiger partial charge in [0.05, 0.1) is 0 Å². The summed E-state index contributed by atoms with van der Waals surface area (Å²) in [7, 11) is 0. The van der Waals surface area contributed by atoms with E-state index in [-0.39, 0.29) is 46.5 Å². The summed E-state index contributed by atoms with van der Waals surface area (Å²) < 4.78 is 0. The standard InChI is InChI=1S/C6H7.C5H5.2ClH.Ti/c1-6-4-2-3-5-6;1-2-4-5-3-1;;;/h2,4H,3H2,1H3;1-3H,4H2;2*1H;/q2*-1;;;+2. The van der Waals surface area contributed by atoms with Crippen molar-refractivity contribution in [2.75, 3.05) is 0 Å². The molecule has 0 aromatic rings. The van der Waals surface area contributed by atoms with Gasteiger partial charge in [0, 0.05) is 0 Å². The van der Waals surface area contributed by atoms with Crippen molar-refractivity contribution >= 4 is 24.8 Å². The van der Waals surface area contributed by atoms with Crippen LogP contribution in [0.3, 0.4) is 0 Å². The van der Waals surface area contributed by atoms with Crippen LogP contribution in [-0.2, 0) is 21.7 Å². The van der Waals surface area contributed by atoms with E-state index in [0.717, 1.165) is 12.8 Å². The van der Waals surface area contributed by atoms with Crippen molar-refractivity contribution in [1.29, 1.82) is 0 Å². The first-order valence-electron chi connectivity index (χ1n) is 3.85. The van der Waals surface area contributed by atoms with Gasteiger partial charge in [-0.25, -0.2) is 23.8 Å². The summed E-state index contributed by atoms with van der Waals surface area (Å²) in [5, 5.41) is 0. The van der Waals surface area contributed by atoms with E-state index < -0.39 is 0 Å². The number of allylic oxidation sites excluding steroid dienone is 8. The van der Waals surface area contributed by atoms with Gasteiger partial charge in [0.2, 0.25) is 0 Å². The molecule has 0 radical (unpaired) electrons. The fraction of sp³-hybridized carbons (Fsp3) is 0.273. The first-order chi connectivity index (χ1) is 5.39. The van der Waals surface area contributed by atoms with Crippen molar-refractivity contribution in [2.24, 2.45) is 0 Å². The van der Waals surface area contributed by atoms with Crippen molar-refractivity contribution < 1.29 is 21.7 Å². The van der Waals surface area contributed by atoms with E-state index in [9.17, 15) is 0 Å². The molecular formula is C11H14Cl2Ti. The van der Waals surface area contributed by atoms with Crippen LogP contribution in [0.2, 0.25) is 0 Å². The molecule has 2 rings (SSSR count). The topological polar surface area (TPSA) is 0 Å². The van der Waals surface area contributed by atoms with Gasteiger partial charge in [0.25, 0.3) is 0 Å². The predicted octanol–water partition coefficient (Wildman–Crippen LogP) is 3.84. The summed E-state index contributed by atoms with van der Waals surface area (Å²) in [5.41, 5.74) is 1.27. The summed E-state index contributed by atoms with van der Waals surface area (Å²) >= 11 is 0. The molecule has 2 aliphatic carbocycles. The van der Waals surface area contributed by atoms with Crippen molar-refractivity contribution in [3.8, 4) is 0 Å². The molecule has 0 saturated heterocycles. The molecule has 2 aliphatic rings. The Bertz CT molecular complexity index is 215. The fourth-order valence-electron chi connectivity index (χ4n) is 0.855. The first kappa shape index (κ1) is 19.8. The maximum atomic E-state index is 3.12. The first-order valence-corrected chi connectivity index (χ1v) is 3.85. The van der Waals surface area contributed by atoms with Gasteiger partial charge < -0.3 is 0 Å². The number of rotatable bonds is 0. The van der Waals surface area contributed by atoms with Crippen LogP contribution in [0.25, 0.3) is 0 Å². The van der Waals surface area contributed by atoms with E-state index in [1.807, 2.05) is 12.2 Å². The number of halogens is 2. The zero-order valence-corrected chi connectivity index (χ0v) is 11.3. The summed E-state index contributed by atoms with van der Waals surface area (Å²) in [4.78, 5) is 0. The molecule has 0 unspecified atom stereocenters. The van der Waals surface area contributed by atoms with Crippen LogP contribution in [0.1, 0.15) is 19.8 Å².